The lowest BCUT2D eigenvalue weighted by molar-refractivity contribution is -0.138. The zero-order valence-corrected chi connectivity index (χ0v) is 7.15. The van der Waals surface area contributed by atoms with Crippen LogP contribution in [-0.4, -0.2) is 17.7 Å². The van der Waals surface area contributed by atoms with Crippen molar-refractivity contribution in [3.05, 3.63) is 18.3 Å². The van der Waals surface area contributed by atoms with Gasteiger partial charge in [0, 0.05) is 13.1 Å². The smallest absolute Gasteiger partial charge is 0.329 e. The summed E-state index contributed by atoms with van der Waals surface area (Å²) in [6.07, 6.45) is 1.56. The van der Waals surface area contributed by atoms with Crippen LogP contribution in [0.3, 0.4) is 0 Å². The molecule has 1 heterocycles. The zero-order chi connectivity index (χ0) is 9.68. The van der Waals surface area contributed by atoms with E-state index in [2.05, 4.69) is 27.0 Å². The maximum absolute atomic E-state index is 10.5. The molecule has 0 atom stereocenters. The van der Waals surface area contributed by atoms with E-state index in [9.17, 15) is 4.79 Å². The number of hydrogen-bond acceptors (Lipinski definition) is 5. The average molecular weight is 179 g/mol. The summed E-state index contributed by atoms with van der Waals surface area (Å²) in [5.74, 6) is -0.0756. The molecule has 0 aliphatic carbocycles. The number of rotatable bonds is 3. The van der Waals surface area contributed by atoms with Gasteiger partial charge in [0.05, 0.1) is 0 Å². The Kier molecular flexibility index (Phi) is 2.97. The minimum Gasteiger partial charge on any atom is -0.342 e. The summed E-state index contributed by atoms with van der Waals surface area (Å²) in [5.41, 5.74) is 2.90. The van der Waals surface area contributed by atoms with Crippen LogP contribution in [0.1, 0.15) is 6.92 Å². The van der Waals surface area contributed by atoms with Crippen LogP contribution in [0.4, 0.5) is 11.5 Å². The molecule has 5 heteroatoms. The molecule has 1 N–H and O–H groups in total. The van der Waals surface area contributed by atoms with Crippen molar-refractivity contribution in [2.75, 3.05) is 5.48 Å². The van der Waals surface area contributed by atoms with Gasteiger partial charge in [0.15, 0.2) is 5.82 Å². The molecule has 0 aromatic carbocycles. The highest BCUT2D eigenvalue weighted by Crippen LogP contribution is 2.19. The Hall–Kier alpha value is -1.91. The molecule has 0 aliphatic heterocycles. The summed E-state index contributed by atoms with van der Waals surface area (Å²) in [5, 5.41) is 0. The molecule has 0 fully saturated rings. The maximum atomic E-state index is 10.5. The molecular formula is C8H9N3O2. The normalized spacial score (nSPS) is 9.00. The number of nitrogens with one attached hydrogen (secondary N) is 1. The van der Waals surface area contributed by atoms with Crippen LogP contribution in [0.25, 0.3) is 0 Å². The van der Waals surface area contributed by atoms with Crippen molar-refractivity contribution < 1.29 is 9.63 Å². The fourth-order valence-corrected chi connectivity index (χ4v) is 0.723. The summed E-state index contributed by atoms with van der Waals surface area (Å²) >= 11 is 0. The lowest BCUT2D eigenvalue weighted by atomic mass is 10.4. The van der Waals surface area contributed by atoms with E-state index >= 15 is 0 Å². The molecule has 0 saturated carbocycles. The second kappa shape index (κ2) is 4.20. The fourth-order valence-electron chi connectivity index (χ4n) is 0.723. The van der Waals surface area contributed by atoms with E-state index in [1.807, 2.05) is 0 Å². The molecule has 0 aliphatic rings. The molecule has 0 bridgehead atoms. The van der Waals surface area contributed by atoms with Gasteiger partial charge in [0.1, 0.15) is 5.69 Å². The number of nitrogens with zero attached hydrogens (tertiary/aromatic N) is 2. The van der Waals surface area contributed by atoms with E-state index in [1.165, 1.54) is 6.92 Å². The molecule has 5 nitrogen and oxygen atoms in total. The number of carbonyl (C=O) groups excluding carboxylic acids is 1. The second-order valence-electron chi connectivity index (χ2n) is 2.22. The molecule has 0 unspecified atom stereocenters. The molecular weight excluding hydrogens is 170 g/mol. The van der Waals surface area contributed by atoms with E-state index in [0.717, 1.165) is 0 Å². The van der Waals surface area contributed by atoms with Gasteiger partial charge in [0.25, 0.3) is 0 Å². The Morgan fingerprint density at radius 3 is 3.15 bits per heavy atom. The van der Waals surface area contributed by atoms with Crippen LogP contribution >= 0.6 is 0 Å². The largest absolute Gasteiger partial charge is 0.342 e. The highest BCUT2D eigenvalue weighted by molar-refractivity contribution is 5.69. The molecule has 0 spiro atoms. The predicted octanol–water partition coefficient (Wildman–Crippen LogP) is 1.30. The first-order valence-electron chi connectivity index (χ1n) is 3.59. The van der Waals surface area contributed by atoms with Gasteiger partial charge in [0.2, 0.25) is 0 Å². The van der Waals surface area contributed by atoms with Gasteiger partial charge in [-0.25, -0.2) is 4.98 Å². The number of pyridine rings is 1. The number of aromatic nitrogens is 1. The van der Waals surface area contributed by atoms with Gasteiger partial charge in [-0.1, -0.05) is 0 Å². The van der Waals surface area contributed by atoms with Crippen LogP contribution in [0.2, 0.25) is 0 Å². The second-order valence-corrected chi connectivity index (χ2v) is 2.22. The summed E-state index contributed by atoms with van der Waals surface area (Å²) in [6, 6.07) is 3.41. The molecule has 0 saturated heterocycles. The van der Waals surface area contributed by atoms with Gasteiger partial charge in [-0.05, 0) is 18.9 Å². The third-order valence-electron chi connectivity index (χ3n) is 1.25. The van der Waals surface area contributed by atoms with Crippen molar-refractivity contribution >= 4 is 24.2 Å². The van der Waals surface area contributed by atoms with Gasteiger partial charge in [-0.15, -0.1) is 0 Å². The average Bonchev–Trinajstić information content (AvgIpc) is 2.15. The number of hydrogen-bond donors (Lipinski definition) is 1. The van der Waals surface area contributed by atoms with Crippen molar-refractivity contribution in [2.24, 2.45) is 4.99 Å². The Labute approximate surface area is 75.4 Å². The molecule has 1 rings (SSSR count). The Balaban J connectivity index is 2.75. The summed E-state index contributed by atoms with van der Waals surface area (Å²) < 4.78 is 0. The standard InChI is InChI=1S/C8H9N3O2/c1-6(12)13-11-8-7(9-2)4-3-5-10-8/h3-5H,2H2,1H3,(H,10,11). The zero-order valence-electron chi connectivity index (χ0n) is 7.15. The monoisotopic (exact) mass is 179 g/mol. The van der Waals surface area contributed by atoms with E-state index < -0.39 is 5.97 Å². The molecule has 0 radical (unpaired) electrons. The van der Waals surface area contributed by atoms with Crippen LogP contribution in [0.15, 0.2) is 23.3 Å². The van der Waals surface area contributed by atoms with E-state index in [-0.39, 0.29) is 0 Å². The molecule has 1 aromatic heterocycles. The van der Waals surface area contributed by atoms with Crippen molar-refractivity contribution in [1.29, 1.82) is 0 Å². The molecule has 68 valence electrons. The summed E-state index contributed by atoms with van der Waals surface area (Å²) in [4.78, 5) is 22.6. The van der Waals surface area contributed by atoms with Gasteiger partial charge < -0.3 is 4.84 Å². The molecule has 0 amide bonds. The van der Waals surface area contributed by atoms with Crippen molar-refractivity contribution in [3.63, 3.8) is 0 Å². The maximum Gasteiger partial charge on any atom is 0.329 e. The Morgan fingerprint density at radius 2 is 2.54 bits per heavy atom. The number of aliphatic imine (C=N–C) groups is 1. The molecule has 13 heavy (non-hydrogen) atoms. The minimum atomic E-state index is -0.444. The molecule has 1 aromatic rings. The first-order chi connectivity index (χ1) is 6.24. The predicted molar refractivity (Wildman–Crippen MR) is 48.8 cm³/mol. The summed E-state index contributed by atoms with van der Waals surface area (Å²) in [6.45, 7) is 4.64. The number of anilines is 1. The SMILES string of the molecule is C=Nc1cccnc1NOC(C)=O. The third kappa shape index (κ3) is 2.55. The van der Waals surface area contributed by atoms with E-state index in [4.69, 9.17) is 0 Å². The minimum absolute atomic E-state index is 0.368. The first kappa shape index (κ1) is 9.18. The van der Waals surface area contributed by atoms with Crippen molar-refractivity contribution in [2.45, 2.75) is 6.92 Å². The Morgan fingerprint density at radius 1 is 1.77 bits per heavy atom. The quantitative estimate of drug-likeness (QED) is 0.561. The lowest BCUT2D eigenvalue weighted by Gasteiger charge is -2.05. The summed E-state index contributed by atoms with van der Waals surface area (Å²) in [7, 11) is 0. The first-order valence-corrected chi connectivity index (χ1v) is 3.59. The third-order valence-corrected chi connectivity index (χ3v) is 1.25. The van der Waals surface area contributed by atoms with Crippen molar-refractivity contribution in [3.8, 4) is 0 Å². The highest BCUT2D eigenvalue weighted by Gasteiger charge is 2.01. The van der Waals surface area contributed by atoms with Gasteiger partial charge in [-0.2, -0.15) is 5.48 Å². The lowest BCUT2D eigenvalue weighted by Crippen LogP contribution is -2.07. The van der Waals surface area contributed by atoms with Crippen molar-refractivity contribution in [1.82, 2.24) is 4.98 Å². The fraction of sp³-hybridized carbons (Fsp3) is 0.125. The topological polar surface area (TPSA) is 63.6 Å². The highest BCUT2D eigenvalue weighted by atomic mass is 16.7. The van der Waals surface area contributed by atoms with Gasteiger partial charge in [-0.3, -0.25) is 9.79 Å². The van der Waals surface area contributed by atoms with Crippen LogP contribution < -0.4 is 5.48 Å². The van der Waals surface area contributed by atoms with Crippen LogP contribution in [-0.2, 0) is 9.63 Å². The number of carbonyl (C=O) groups is 1. The van der Waals surface area contributed by atoms with Crippen LogP contribution in [0.5, 0.6) is 0 Å². The van der Waals surface area contributed by atoms with E-state index in [1.54, 1.807) is 18.3 Å². The Bertz CT molecular complexity index is 325. The van der Waals surface area contributed by atoms with Gasteiger partial charge >= 0.3 is 5.97 Å². The van der Waals surface area contributed by atoms with E-state index in [0.29, 0.717) is 11.5 Å². The van der Waals surface area contributed by atoms with Crippen LogP contribution in [0, 0.1) is 0 Å².